The third kappa shape index (κ3) is 3.31. The van der Waals surface area contributed by atoms with Gasteiger partial charge in [-0.05, 0) is 18.1 Å². The Labute approximate surface area is 94.8 Å². The molecule has 0 saturated heterocycles. The van der Waals surface area contributed by atoms with Gasteiger partial charge in [-0.2, -0.15) is 0 Å². The van der Waals surface area contributed by atoms with Crippen molar-refractivity contribution in [3.05, 3.63) is 35.6 Å². The summed E-state index contributed by atoms with van der Waals surface area (Å²) < 4.78 is 13.2. The zero-order valence-electron chi connectivity index (χ0n) is 9.53. The van der Waals surface area contributed by atoms with Crippen molar-refractivity contribution in [2.45, 2.75) is 19.9 Å². The highest BCUT2D eigenvalue weighted by Gasteiger charge is 2.13. The van der Waals surface area contributed by atoms with Crippen molar-refractivity contribution in [2.24, 2.45) is 11.7 Å². The number of carbonyl (C=O) groups excluding carboxylic acids is 1. The molecule has 0 spiro atoms. The highest BCUT2D eigenvalue weighted by Crippen LogP contribution is 2.06. The molecular formula is C12H17FN2O. The van der Waals surface area contributed by atoms with Crippen LogP contribution >= 0.6 is 0 Å². The topological polar surface area (TPSA) is 55.1 Å². The molecule has 0 radical (unpaired) electrons. The molecule has 4 heteroatoms. The molecule has 1 unspecified atom stereocenters. The molecule has 16 heavy (non-hydrogen) atoms. The molecule has 88 valence electrons. The fourth-order valence-electron chi connectivity index (χ4n) is 1.19. The molecular weight excluding hydrogens is 207 g/mol. The number of carbonyl (C=O) groups is 1. The molecule has 0 fully saturated rings. The predicted octanol–water partition coefficient (Wildman–Crippen LogP) is 1.54. The zero-order chi connectivity index (χ0) is 12.1. The highest BCUT2D eigenvalue weighted by molar-refractivity contribution is 5.94. The van der Waals surface area contributed by atoms with Crippen molar-refractivity contribution in [2.75, 3.05) is 6.54 Å². The first kappa shape index (κ1) is 12.6. The highest BCUT2D eigenvalue weighted by atomic mass is 19.1. The minimum atomic E-state index is -0.516. The molecule has 0 saturated carbocycles. The van der Waals surface area contributed by atoms with Crippen LogP contribution in [0.4, 0.5) is 4.39 Å². The van der Waals surface area contributed by atoms with Gasteiger partial charge in [0, 0.05) is 12.6 Å². The van der Waals surface area contributed by atoms with Crippen molar-refractivity contribution in [3.8, 4) is 0 Å². The number of hydrogen-bond acceptors (Lipinski definition) is 2. The van der Waals surface area contributed by atoms with Gasteiger partial charge in [0.1, 0.15) is 5.82 Å². The maximum Gasteiger partial charge on any atom is 0.254 e. The normalized spacial score (nSPS) is 12.6. The van der Waals surface area contributed by atoms with Crippen molar-refractivity contribution < 1.29 is 9.18 Å². The van der Waals surface area contributed by atoms with E-state index in [0.29, 0.717) is 6.54 Å². The van der Waals surface area contributed by atoms with Crippen LogP contribution in [-0.2, 0) is 0 Å². The van der Waals surface area contributed by atoms with E-state index in [1.54, 1.807) is 12.1 Å². The Hall–Kier alpha value is -1.42. The summed E-state index contributed by atoms with van der Waals surface area (Å²) in [4.78, 5) is 11.6. The SMILES string of the molecule is CC(C)C(N)CNC(=O)c1ccccc1F. The second-order valence-electron chi connectivity index (χ2n) is 4.10. The van der Waals surface area contributed by atoms with E-state index in [9.17, 15) is 9.18 Å². The first-order chi connectivity index (χ1) is 7.52. The molecule has 1 rings (SSSR count). The summed E-state index contributed by atoms with van der Waals surface area (Å²) in [7, 11) is 0. The molecule has 0 heterocycles. The summed E-state index contributed by atoms with van der Waals surface area (Å²) >= 11 is 0. The van der Waals surface area contributed by atoms with Crippen LogP contribution in [0, 0.1) is 11.7 Å². The quantitative estimate of drug-likeness (QED) is 0.815. The Morgan fingerprint density at radius 1 is 1.44 bits per heavy atom. The lowest BCUT2D eigenvalue weighted by molar-refractivity contribution is 0.0945. The zero-order valence-corrected chi connectivity index (χ0v) is 9.53. The van der Waals surface area contributed by atoms with Crippen molar-refractivity contribution in [1.29, 1.82) is 0 Å². The van der Waals surface area contributed by atoms with Crippen LogP contribution in [0.2, 0.25) is 0 Å². The lowest BCUT2D eigenvalue weighted by Crippen LogP contribution is -2.40. The van der Waals surface area contributed by atoms with E-state index in [-0.39, 0.29) is 17.5 Å². The second kappa shape index (κ2) is 5.61. The van der Waals surface area contributed by atoms with Gasteiger partial charge >= 0.3 is 0 Å². The number of rotatable bonds is 4. The summed E-state index contributed by atoms with van der Waals surface area (Å²) in [6.07, 6.45) is 0. The fraction of sp³-hybridized carbons (Fsp3) is 0.417. The Kier molecular flexibility index (Phi) is 4.43. The smallest absolute Gasteiger partial charge is 0.254 e. The van der Waals surface area contributed by atoms with Crippen LogP contribution < -0.4 is 11.1 Å². The van der Waals surface area contributed by atoms with E-state index in [4.69, 9.17) is 5.73 Å². The number of hydrogen-bond donors (Lipinski definition) is 2. The third-order valence-electron chi connectivity index (χ3n) is 2.47. The average Bonchev–Trinajstić information content (AvgIpc) is 2.25. The number of amides is 1. The summed E-state index contributed by atoms with van der Waals surface area (Å²) in [5.41, 5.74) is 5.83. The van der Waals surface area contributed by atoms with Crippen molar-refractivity contribution in [1.82, 2.24) is 5.32 Å². The number of nitrogens with one attached hydrogen (secondary N) is 1. The summed E-state index contributed by atoms with van der Waals surface area (Å²) in [5.74, 6) is -0.659. The minimum Gasteiger partial charge on any atom is -0.350 e. The molecule has 3 nitrogen and oxygen atoms in total. The largest absolute Gasteiger partial charge is 0.350 e. The van der Waals surface area contributed by atoms with Gasteiger partial charge in [0.2, 0.25) is 0 Å². The molecule has 1 aromatic rings. The van der Waals surface area contributed by atoms with Gasteiger partial charge in [0.25, 0.3) is 5.91 Å². The lowest BCUT2D eigenvalue weighted by Gasteiger charge is -2.16. The molecule has 1 amide bonds. The number of nitrogens with two attached hydrogens (primary N) is 1. The maximum atomic E-state index is 13.2. The number of benzene rings is 1. The maximum absolute atomic E-state index is 13.2. The van der Waals surface area contributed by atoms with E-state index < -0.39 is 11.7 Å². The average molecular weight is 224 g/mol. The van der Waals surface area contributed by atoms with Gasteiger partial charge in [0.15, 0.2) is 0 Å². The van der Waals surface area contributed by atoms with Crippen LogP contribution in [0.25, 0.3) is 0 Å². The van der Waals surface area contributed by atoms with Gasteiger partial charge in [-0.3, -0.25) is 4.79 Å². The van der Waals surface area contributed by atoms with Gasteiger partial charge in [-0.25, -0.2) is 4.39 Å². The van der Waals surface area contributed by atoms with E-state index in [1.165, 1.54) is 12.1 Å². The van der Waals surface area contributed by atoms with Crippen LogP contribution in [0.15, 0.2) is 24.3 Å². The summed E-state index contributed by atoms with van der Waals surface area (Å²) in [6.45, 7) is 4.30. The molecule has 0 bridgehead atoms. The van der Waals surface area contributed by atoms with Gasteiger partial charge in [-0.1, -0.05) is 26.0 Å². The van der Waals surface area contributed by atoms with E-state index in [0.717, 1.165) is 0 Å². The predicted molar refractivity (Wildman–Crippen MR) is 61.5 cm³/mol. The molecule has 1 aromatic carbocycles. The van der Waals surface area contributed by atoms with E-state index >= 15 is 0 Å². The molecule has 0 aromatic heterocycles. The van der Waals surface area contributed by atoms with Crippen LogP contribution in [0.3, 0.4) is 0 Å². The first-order valence-electron chi connectivity index (χ1n) is 5.30. The molecule has 0 aliphatic rings. The van der Waals surface area contributed by atoms with Gasteiger partial charge in [-0.15, -0.1) is 0 Å². The molecule has 0 aliphatic carbocycles. The number of halogens is 1. The van der Waals surface area contributed by atoms with Crippen LogP contribution in [0.5, 0.6) is 0 Å². The molecule has 0 aliphatic heterocycles. The van der Waals surface area contributed by atoms with E-state index in [1.807, 2.05) is 13.8 Å². The van der Waals surface area contributed by atoms with E-state index in [2.05, 4.69) is 5.32 Å². The first-order valence-corrected chi connectivity index (χ1v) is 5.30. The van der Waals surface area contributed by atoms with Gasteiger partial charge < -0.3 is 11.1 Å². The Balaban J connectivity index is 2.57. The van der Waals surface area contributed by atoms with Crippen molar-refractivity contribution in [3.63, 3.8) is 0 Å². The summed E-state index contributed by atoms with van der Waals surface area (Å²) in [5, 5.41) is 2.62. The Morgan fingerprint density at radius 2 is 2.06 bits per heavy atom. The fourth-order valence-corrected chi connectivity index (χ4v) is 1.19. The Morgan fingerprint density at radius 3 is 2.62 bits per heavy atom. The lowest BCUT2D eigenvalue weighted by atomic mass is 10.1. The van der Waals surface area contributed by atoms with Crippen LogP contribution in [0.1, 0.15) is 24.2 Å². The molecule has 3 N–H and O–H groups in total. The third-order valence-corrected chi connectivity index (χ3v) is 2.47. The summed E-state index contributed by atoms with van der Waals surface area (Å²) in [6, 6.07) is 5.77. The van der Waals surface area contributed by atoms with Crippen molar-refractivity contribution >= 4 is 5.91 Å². The standard InChI is InChI=1S/C12H17FN2O/c1-8(2)11(14)7-15-12(16)9-5-3-4-6-10(9)13/h3-6,8,11H,7,14H2,1-2H3,(H,15,16). The van der Waals surface area contributed by atoms with Crippen LogP contribution in [-0.4, -0.2) is 18.5 Å². The minimum absolute atomic E-state index is 0.0541. The Bertz CT molecular complexity index is 366. The second-order valence-corrected chi connectivity index (χ2v) is 4.10. The monoisotopic (exact) mass is 224 g/mol. The molecule has 1 atom stereocenters. The van der Waals surface area contributed by atoms with Gasteiger partial charge in [0.05, 0.1) is 5.56 Å².